The molecule has 0 radical (unpaired) electrons. The number of hydrogen-bond donors (Lipinski definition) is 1. The first-order valence-corrected chi connectivity index (χ1v) is 7.42. The molecule has 21 heavy (non-hydrogen) atoms. The first kappa shape index (κ1) is 16.0. The second-order valence-corrected chi connectivity index (χ2v) is 5.64. The summed E-state index contributed by atoms with van der Waals surface area (Å²) in [5.74, 6) is -1.59. The Kier molecular flexibility index (Phi) is 5.42. The van der Waals surface area contributed by atoms with Crippen molar-refractivity contribution in [3.8, 4) is 0 Å². The van der Waals surface area contributed by atoms with Gasteiger partial charge in [0.15, 0.2) is 0 Å². The molecule has 0 saturated carbocycles. The maximum atomic E-state index is 13.9. The van der Waals surface area contributed by atoms with Crippen molar-refractivity contribution in [2.75, 3.05) is 6.54 Å². The van der Waals surface area contributed by atoms with Gasteiger partial charge in [-0.1, -0.05) is 28.9 Å². The van der Waals surface area contributed by atoms with E-state index < -0.39 is 17.7 Å². The Bertz CT molecular complexity index is 590. The van der Waals surface area contributed by atoms with Crippen molar-refractivity contribution in [3.63, 3.8) is 0 Å². The van der Waals surface area contributed by atoms with Crippen molar-refractivity contribution in [1.29, 1.82) is 0 Å². The summed E-state index contributed by atoms with van der Waals surface area (Å²) in [5, 5.41) is 3.05. The molecule has 0 heterocycles. The van der Waals surface area contributed by atoms with Gasteiger partial charge in [0.25, 0.3) is 0 Å². The number of halogens is 4. The number of likely N-dealkylation sites (N-methyl/N-ethyl adjacent to an activating group) is 1. The van der Waals surface area contributed by atoms with Gasteiger partial charge in [0.1, 0.15) is 17.5 Å². The normalized spacial score (nSPS) is 12.4. The van der Waals surface area contributed by atoms with Crippen molar-refractivity contribution in [3.05, 3.63) is 69.4 Å². The van der Waals surface area contributed by atoms with Crippen LogP contribution in [0.1, 0.15) is 24.1 Å². The maximum Gasteiger partial charge on any atom is 0.130 e. The first-order chi connectivity index (χ1) is 10.0. The van der Waals surface area contributed by atoms with Crippen molar-refractivity contribution in [2.24, 2.45) is 0 Å². The summed E-state index contributed by atoms with van der Waals surface area (Å²) in [5.41, 5.74) is 0.648. The van der Waals surface area contributed by atoms with E-state index in [0.29, 0.717) is 23.0 Å². The third-order valence-corrected chi connectivity index (χ3v) is 3.62. The fourth-order valence-electron chi connectivity index (χ4n) is 2.33. The van der Waals surface area contributed by atoms with E-state index in [1.807, 2.05) is 6.92 Å². The van der Waals surface area contributed by atoms with Gasteiger partial charge in [0.05, 0.1) is 0 Å². The van der Waals surface area contributed by atoms with Crippen molar-refractivity contribution < 1.29 is 13.2 Å². The van der Waals surface area contributed by atoms with E-state index in [1.54, 1.807) is 6.07 Å². The minimum atomic E-state index is -0.601. The summed E-state index contributed by atoms with van der Waals surface area (Å²) in [6.07, 6.45) is 0.294. The summed E-state index contributed by atoms with van der Waals surface area (Å²) in [4.78, 5) is 0. The lowest BCUT2D eigenvalue weighted by Crippen LogP contribution is -2.25. The average Bonchev–Trinajstić information content (AvgIpc) is 2.37. The second-order valence-electron chi connectivity index (χ2n) is 4.73. The van der Waals surface area contributed by atoms with Crippen molar-refractivity contribution >= 4 is 15.9 Å². The molecule has 5 heteroatoms. The van der Waals surface area contributed by atoms with Crippen molar-refractivity contribution in [2.45, 2.75) is 19.4 Å². The minimum Gasteiger partial charge on any atom is -0.310 e. The monoisotopic (exact) mass is 357 g/mol. The zero-order chi connectivity index (χ0) is 15.4. The third kappa shape index (κ3) is 4.08. The van der Waals surface area contributed by atoms with Crippen LogP contribution in [0.2, 0.25) is 0 Å². The van der Waals surface area contributed by atoms with Crippen LogP contribution in [0.4, 0.5) is 13.2 Å². The maximum absolute atomic E-state index is 13.9. The SMILES string of the molecule is CCNC(Cc1cc(F)cc(Br)c1)c1c(F)cccc1F. The fraction of sp³-hybridized carbons (Fsp3) is 0.250. The van der Waals surface area contributed by atoms with Gasteiger partial charge < -0.3 is 5.32 Å². The van der Waals surface area contributed by atoms with Crippen LogP contribution in [-0.2, 0) is 6.42 Å². The molecule has 1 atom stereocenters. The standard InChI is InChI=1S/C16H15BrF3N/c1-2-21-15(16-13(19)4-3-5-14(16)20)8-10-6-11(17)9-12(18)7-10/h3-7,9,15,21H,2,8H2,1H3. The van der Waals surface area contributed by atoms with E-state index in [2.05, 4.69) is 21.2 Å². The molecule has 0 saturated heterocycles. The average molecular weight is 358 g/mol. The molecule has 0 aromatic heterocycles. The van der Waals surface area contributed by atoms with Gasteiger partial charge in [-0.3, -0.25) is 0 Å². The summed E-state index contributed by atoms with van der Waals surface area (Å²) >= 11 is 3.22. The lowest BCUT2D eigenvalue weighted by atomic mass is 9.97. The highest BCUT2D eigenvalue weighted by atomic mass is 79.9. The van der Waals surface area contributed by atoms with Gasteiger partial charge >= 0.3 is 0 Å². The molecule has 1 unspecified atom stereocenters. The molecule has 0 fully saturated rings. The lowest BCUT2D eigenvalue weighted by molar-refractivity contribution is 0.472. The third-order valence-electron chi connectivity index (χ3n) is 3.16. The van der Waals surface area contributed by atoms with Gasteiger partial charge in [-0.25, -0.2) is 13.2 Å². The smallest absolute Gasteiger partial charge is 0.130 e. The Morgan fingerprint density at radius 2 is 1.76 bits per heavy atom. The van der Waals surface area contributed by atoms with Crippen LogP contribution >= 0.6 is 15.9 Å². The van der Waals surface area contributed by atoms with Crippen LogP contribution in [0.5, 0.6) is 0 Å². The summed E-state index contributed by atoms with van der Waals surface area (Å²) < 4.78 is 41.9. The lowest BCUT2D eigenvalue weighted by Gasteiger charge is -2.20. The van der Waals surface area contributed by atoms with Crippen LogP contribution < -0.4 is 5.32 Å². The second kappa shape index (κ2) is 7.09. The first-order valence-electron chi connectivity index (χ1n) is 6.63. The number of nitrogens with one attached hydrogen (secondary N) is 1. The molecule has 2 aromatic rings. The molecule has 1 nitrogen and oxygen atoms in total. The van der Waals surface area contributed by atoms with Gasteiger partial charge in [-0.15, -0.1) is 0 Å². The van der Waals surface area contributed by atoms with Gasteiger partial charge in [-0.2, -0.15) is 0 Å². The molecule has 0 aliphatic rings. The Morgan fingerprint density at radius 3 is 2.33 bits per heavy atom. The minimum absolute atomic E-state index is 0.0141. The number of hydrogen-bond acceptors (Lipinski definition) is 1. The Balaban J connectivity index is 2.35. The number of rotatable bonds is 5. The molecule has 0 spiro atoms. The molecule has 0 amide bonds. The molecule has 112 valence electrons. The molecule has 0 aliphatic carbocycles. The van der Waals surface area contributed by atoms with Gasteiger partial charge in [0, 0.05) is 16.1 Å². The Labute approximate surface area is 130 Å². The molecular formula is C16H15BrF3N. The van der Waals surface area contributed by atoms with E-state index in [9.17, 15) is 13.2 Å². The summed E-state index contributed by atoms with van der Waals surface area (Å²) in [7, 11) is 0. The molecule has 0 aliphatic heterocycles. The van der Waals surface area contributed by atoms with E-state index in [1.165, 1.54) is 30.3 Å². The highest BCUT2D eigenvalue weighted by molar-refractivity contribution is 9.10. The largest absolute Gasteiger partial charge is 0.310 e. The molecular weight excluding hydrogens is 343 g/mol. The highest BCUT2D eigenvalue weighted by Crippen LogP contribution is 2.26. The predicted molar refractivity (Wildman–Crippen MR) is 80.6 cm³/mol. The zero-order valence-electron chi connectivity index (χ0n) is 11.5. The van der Waals surface area contributed by atoms with E-state index in [4.69, 9.17) is 0 Å². The van der Waals surface area contributed by atoms with Gasteiger partial charge in [0.2, 0.25) is 0 Å². The molecule has 1 N–H and O–H groups in total. The van der Waals surface area contributed by atoms with Crippen molar-refractivity contribution in [1.82, 2.24) is 5.32 Å². The highest BCUT2D eigenvalue weighted by Gasteiger charge is 2.20. The molecule has 2 aromatic carbocycles. The van der Waals surface area contributed by atoms with Crippen LogP contribution in [0.15, 0.2) is 40.9 Å². The number of benzene rings is 2. The predicted octanol–water partition coefficient (Wildman–Crippen LogP) is 4.76. The van der Waals surface area contributed by atoms with Crippen LogP contribution in [-0.4, -0.2) is 6.54 Å². The van der Waals surface area contributed by atoms with E-state index in [-0.39, 0.29) is 11.4 Å². The van der Waals surface area contributed by atoms with Crippen LogP contribution in [0.25, 0.3) is 0 Å². The van der Waals surface area contributed by atoms with Gasteiger partial charge in [-0.05, 0) is 48.9 Å². The van der Waals surface area contributed by atoms with Crippen LogP contribution in [0, 0.1) is 17.5 Å². The Hall–Kier alpha value is -1.33. The quantitative estimate of drug-likeness (QED) is 0.813. The fourth-order valence-corrected chi connectivity index (χ4v) is 2.84. The summed E-state index contributed by atoms with van der Waals surface area (Å²) in [6.45, 7) is 2.40. The topological polar surface area (TPSA) is 12.0 Å². The zero-order valence-corrected chi connectivity index (χ0v) is 13.1. The van der Waals surface area contributed by atoms with Crippen LogP contribution in [0.3, 0.4) is 0 Å². The molecule has 0 bridgehead atoms. The van der Waals surface area contributed by atoms with E-state index >= 15 is 0 Å². The van der Waals surface area contributed by atoms with E-state index in [0.717, 1.165) is 0 Å². The Morgan fingerprint density at radius 1 is 1.10 bits per heavy atom. The molecule has 2 rings (SSSR count). The summed E-state index contributed by atoms with van der Waals surface area (Å²) in [6, 6.07) is 7.68.